The summed E-state index contributed by atoms with van der Waals surface area (Å²) in [5.74, 6) is 0. The third-order valence-corrected chi connectivity index (χ3v) is 4.82. The highest BCUT2D eigenvalue weighted by Gasteiger charge is 2.36. The number of aliphatic hydroxyl groups excluding tert-OH is 1. The third kappa shape index (κ3) is 4.15. The maximum atomic E-state index is 9.31. The average Bonchev–Trinajstić information content (AvgIpc) is 2.36. The van der Waals surface area contributed by atoms with Crippen molar-refractivity contribution in [2.24, 2.45) is 5.41 Å². The Hall–Kier alpha value is -0.160. The summed E-state index contributed by atoms with van der Waals surface area (Å²) in [6, 6.07) is 0.716. The number of aliphatic hydroxyl groups is 1. The normalized spacial score (nSPS) is 23.5. The lowest BCUT2D eigenvalue weighted by molar-refractivity contribution is -0.0229. The van der Waals surface area contributed by atoms with Gasteiger partial charge in [0.05, 0.1) is 6.61 Å². The van der Waals surface area contributed by atoms with Gasteiger partial charge in [0.2, 0.25) is 0 Å². The molecule has 0 aromatic carbocycles. The van der Waals surface area contributed by atoms with E-state index in [0.29, 0.717) is 11.5 Å². The fraction of sp³-hybridized carbons (Fsp3) is 1.00. The van der Waals surface area contributed by atoms with Crippen LogP contribution in [0.15, 0.2) is 0 Å². The monoisotopic (exact) mass is 270 g/mol. The zero-order chi connectivity index (χ0) is 13.6. The van der Waals surface area contributed by atoms with E-state index in [1.807, 2.05) is 0 Å². The fourth-order valence-corrected chi connectivity index (χ4v) is 3.29. The van der Waals surface area contributed by atoms with E-state index < -0.39 is 0 Å². The number of nitrogens with one attached hydrogen (secondary N) is 1. The highest BCUT2D eigenvalue weighted by atomic mass is 16.5. The molecule has 1 aliphatic carbocycles. The van der Waals surface area contributed by atoms with Gasteiger partial charge in [-0.1, -0.05) is 13.3 Å². The molecule has 0 aromatic rings. The third-order valence-electron chi connectivity index (χ3n) is 4.82. The van der Waals surface area contributed by atoms with E-state index in [1.165, 1.54) is 19.3 Å². The van der Waals surface area contributed by atoms with Gasteiger partial charge in [0.1, 0.15) is 0 Å². The van der Waals surface area contributed by atoms with Gasteiger partial charge in [-0.3, -0.25) is 4.90 Å². The van der Waals surface area contributed by atoms with Gasteiger partial charge >= 0.3 is 0 Å². The lowest BCUT2D eigenvalue weighted by Gasteiger charge is -2.46. The maximum Gasteiger partial charge on any atom is 0.0558 e. The Kier molecular flexibility index (Phi) is 6.07. The molecule has 0 atom stereocenters. The average molecular weight is 270 g/mol. The molecule has 0 amide bonds. The first-order chi connectivity index (χ1) is 9.29. The Morgan fingerprint density at radius 2 is 2.05 bits per heavy atom. The highest BCUT2D eigenvalue weighted by Crippen LogP contribution is 2.34. The molecule has 19 heavy (non-hydrogen) atoms. The van der Waals surface area contributed by atoms with Gasteiger partial charge in [0, 0.05) is 38.9 Å². The molecule has 0 spiro atoms. The van der Waals surface area contributed by atoms with Gasteiger partial charge in [-0.15, -0.1) is 0 Å². The topological polar surface area (TPSA) is 44.7 Å². The second-order valence-electron chi connectivity index (χ2n) is 6.17. The molecule has 2 fully saturated rings. The van der Waals surface area contributed by atoms with Crippen LogP contribution in [-0.4, -0.2) is 62.0 Å². The van der Waals surface area contributed by atoms with Crippen molar-refractivity contribution in [1.82, 2.24) is 10.2 Å². The lowest BCUT2D eigenvalue weighted by Crippen LogP contribution is -2.52. The Labute approximate surface area is 117 Å². The first kappa shape index (κ1) is 15.2. The van der Waals surface area contributed by atoms with Crippen molar-refractivity contribution in [3.05, 3.63) is 0 Å². The standard InChI is InChI=1S/C15H30N2O2/c1-2-16-12-15(6-10-19-11-7-15)13-17(8-9-18)14-4-3-5-14/h14,16,18H,2-13H2,1H3. The van der Waals surface area contributed by atoms with Crippen LogP contribution < -0.4 is 5.32 Å². The Morgan fingerprint density at radius 3 is 2.58 bits per heavy atom. The number of ether oxygens (including phenoxy) is 1. The molecule has 1 aliphatic heterocycles. The molecule has 1 saturated heterocycles. The molecular weight excluding hydrogens is 240 g/mol. The van der Waals surface area contributed by atoms with Crippen LogP contribution in [0.3, 0.4) is 0 Å². The van der Waals surface area contributed by atoms with Crippen LogP contribution in [0.4, 0.5) is 0 Å². The largest absolute Gasteiger partial charge is 0.395 e. The summed E-state index contributed by atoms with van der Waals surface area (Å²) in [6.45, 7) is 8.31. The van der Waals surface area contributed by atoms with Crippen LogP contribution in [0, 0.1) is 5.41 Å². The van der Waals surface area contributed by atoms with Crippen molar-refractivity contribution >= 4 is 0 Å². The van der Waals surface area contributed by atoms with Crippen molar-refractivity contribution in [2.45, 2.75) is 45.1 Å². The second-order valence-corrected chi connectivity index (χ2v) is 6.17. The van der Waals surface area contributed by atoms with E-state index in [9.17, 15) is 5.11 Å². The Bertz CT molecular complexity index is 251. The number of rotatable bonds is 8. The molecule has 4 heteroatoms. The molecule has 1 heterocycles. The van der Waals surface area contributed by atoms with Gasteiger partial charge < -0.3 is 15.2 Å². The summed E-state index contributed by atoms with van der Waals surface area (Å²) in [5, 5.41) is 12.8. The van der Waals surface area contributed by atoms with Crippen LogP contribution >= 0.6 is 0 Å². The van der Waals surface area contributed by atoms with Gasteiger partial charge in [-0.2, -0.15) is 0 Å². The van der Waals surface area contributed by atoms with Crippen LogP contribution in [0.2, 0.25) is 0 Å². The summed E-state index contributed by atoms with van der Waals surface area (Å²) in [4.78, 5) is 2.53. The number of hydrogen-bond donors (Lipinski definition) is 2. The molecule has 2 aliphatic rings. The summed E-state index contributed by atoms with van der Waals surface area (Å²) < 4.78 is 5.55. The minimum Gasteiger partial charge on any atom is -0.395 e. The molecular formula is C15H30N2O2. The number of nitrogens with zero attached hydrogens (tertiary/aromatic N) is 1. The molecule has 2 rings (SSSR count). The van der Waals surface area contributed by atoms with Crippen molar-refractivity contribution in [2.75, 3.05) is 46.0 Å². The highest BCUT2D eigenvalue weighted by molar-refractivity contribution is 4.90. The molecule has 2 N–H and O–H groups in total. The molecule has 4 nitrogen and oxygen atoms in total. The Morgan fingerprint density at radius 1 is 1.32 bits per heavy atom. The van der Waals surface area contributed by atoms with E-state index >= 15 is 0 Å². The fourth-order valence-electron chi connectivity index (χ4n) is 3.29. The zero-order valence-electron chi connectivity index (χ0n) is 12.4. The number of hydrogen-bond acceptors (Lipinski definition) is 4. The van der Waals surface area contributed by atoms with Crippen molar-refractivity contribution in [1.29, 1.82) is 0 Å². The minimum atomic E-state index is 0.282. The van der Waals surface area contributed by atoms with E-state index in [4.69, 9.17) is 4.74 Å². The maximum absolute atomic E-state index is 9.31. The summed E-state index contributed by atoms with van der Waals surface area (Å²) in [7, 11) is 0. The van der Waals surface area contributed by atoms with Gasteiger partial charge in [-0.25, -0.2) is 0 Å². The van der Waals surface area contributed by atoms with Crippen LogP contribution in [0.1, 0.15) is 39.0 Å². The molecule has 112 valence electrons. The first-order valence-corrected chi connectivity index (χ1v) is 7.93. The van der Waals surface area contributed by atoms with Crippen LogP contribution in [0.25, 0.3) is 0 Å². The molecule has 0 bridgehead atoms. The van der Waals surface area contributed by atoms with Gasteiger partial charge in [0.25, 0.3) is 0 Å². The lowest BCUT2D eigenvalue weighted by atomic mass is 9.78. The summed E-state index contributed by atoms with van der Waals surface area (Å²) >= 11 is 0. The minimum absolute atomic E-state index is 0.282. The molecule has 0 radical (unpaired) electrons. The molecule has 0 aromatic heterocycles. The quantitative estimate of drug-likeness (QED) is 0.696. The Balaban J connectivity index is 1.95. The smallest absolute Gasteiger partial charge is 0.0558 e. The summed E-state index contributed by atoms with van der Waals surface area (Å²) in [5.41, 5.74) is 0.346. The van der Waals surface area contributed by atoms with E-state index in [0.717, 1.165) is 52.2 Å². The van der Waals surface area contributed by atoms with Crippen LogP contribution in [-0.2, 0) is 4.74 Å². The molecule has 1 saturated carbocycles. The van der Waals surface area contributed by atoms with Crippen molar-refractivity contribution in [3.63, 3.8) is 0 Å². The first-order valence-electron chi connectivity index (χ1n) is 7.93. The summed E-state index contributed by atoms with van der Waals surface area (Å²) in [6.07, 6.45) is 6.28. The van der Waals surface area contributed by atoms with Crippen molar-refractivity contribution < 1.29 is 9.84 Å². The SMILES string of the molecule is CCNCC1(CN(CCO)C2CCC2)CCOCC1. The van der Waals surface area contributed by atoms with E-state index in [-0.39, 0.29) is 6.61 Å². The van der Waals surface area contributed by atoms with E-state index in [1.54, 1.807) is 0 Å². The van der Waals surface area contributed by atoms with Gasteiger partial charge in [0.15, 0.2) is 0 Å². The second kappa shape index (κ2) is 7.58. The van der Waals surface area contributed by atoms with Gasteiger partial charge in [-0.05, 0) is 37.6 Å². The molecule has 0 unspecified atom stereocenters. The predicted octanol–water partition coefficient (Wildman–Crippen LogP) is 1.24. The van der Waals surface area contributed by atoms with Crippen molar-refractivity contribution in [3.8, 4) is 0 Å². The van der Waals surface area contributed by atoms with Crippen LogP contribution in [0.5, 0.6) is 0 Å². The predicted molar refractivity (Wildman–Crippen MR) is 77.3 cm³/mol. The van der Waals surface area contributed by atoms with E-state index in [2.05, 4.69) is 17.1 Å². The zero-order valence-corrected chi connectivity index (χ0v) is 12.4.